The van der Waals surface area contributed by atoms with E-state index >= 15 is 0 Å². The smallest absolute Gasteiger partial charge is 0.338 e. The Morgan fingerprint density at radius 3 is 2.15 bits per heavy atom. The third-order valence-corrected chi connectivity index (χ3v) is 4.11. The number of carbonyl (C=O) groups is 3. The third-order valence-electron chi connectivity index (χ3n) is 4.11. The lowest BCUT2D eigenvalue weighted by atomic mass is 10.1. The van der Waals surface area contributed by atoms with E-state index < -0.39 is 18.0 Å². The summed E-state index contributed by atoms with van der Waals surface area (Å²) in [5.41, 5.74) is 4.00. The van der Waals surface area contributed by atoms with Crippen LogP contribution in [0.25, 0.3) is 0 Å². The number of carbonyl (C=O) groups excluding carboxylic acids is 3. The topological polar surface area (TPSA) is 84.5 Å². The molecule has 0 heterocycles. The highest BCUT2D eigenvalue weighted by molar-refractivity contribution is 5.97. The maximum absolute atomic E-state index is 12.1. The Bertz CT molecular complexity index is 824. The van der Waals surface area contributed by atoms with Crippen LogP contribution in [0.1, 0.15) is 34.0 Å². The largest absolute Gasteiger partial charge is 0.449 e. The fourth-order valence-electron chi connectivity index (χ4n) is 2.48. The van der Waals surface area contributed by atoms with Crippen LogP contribution in [-0.4, -0.2) is 30.4 Å². The lowest BCUT2D eigenvalue weighted by molar-refractivity contribution is -0.130. The second-order valence-corrected chi connectivity index (χ2v) is 6.45. The van der Waals surface area contributed by atoms with Gasteiger partial charge in [0.2, 0.25) is 5.91 Å². The average Bonchev–Trinajstić information content (AvgIpc) is 2.63. The number of hydrogen-bond donors (Lipinski definition) is 2. The molecule has 0 radical (unpaired) electrons. The predicted octanol–water partition coefficient (Wildman–Crippen LogP) is 2.91. The van der Waals surface area contributed by atoms with Crippen molar-refractivity contribution in [3.8, 4) is 0 Å². The molecule has 2 amide bonds. The summed E-state index contributed by atoms with van der Waals surface area (Å²) in [6, 6.07) is 12.6. The summed E-state index contributed by atoms with van der Waals surface area (Å²) in [6.45, 7) is 6.96. The van der Waals surface area contributed by atoms with E-state index in [1.54, 1.807) is 24.3 Å². The number of aryl methyl sites for hydroxylation is 3. The second-order valence-electron chi connectivity index (χ2n) is 6.45. The number of nitrogens with one attached hydrogen (secondary N) is 2. The molecule has 0 saturated carbocycles. The number of rotatable bonds is 6. The number of amides is 2. The average molecular weight is 368 g/mol. The fourth-order valence-corrected chi connectivity index (χ4v) is 2.48. The summed E-state index contributed by atoms with van der Waals surface area (Å²) in [7, 11) is 0. The minimum atomic E-state index is -1.01. The fraction of sp³-hybridized carbons (Fsp3) is 0.286. The van der Waals surface area contributed by atoms with Gasteiger partial charge in [-0.2, -0.15) is 0 Å². The van der Waals surface area contributed by atoms with Gasteiger partial charge in [-0.1, -0.05) is 35.9 Å². The van der Waals surface area contributed by atoms with Crippen molar-refractivity contribution in [1.29, 1.82) is 0 Å². The zero-order valence-electron chi connectivity index (χ0n) is 16.0. The maximum atomic E-state index is 12.1. The van der Waals surface area contributed by atoms with Crippen LogP contribution in [0, 0.1) is 20.8 Å². The van der Waals surface area contributed by atoms with Crippen molar-refractivity contribution in [2.75, 3.05) is 11.9 Å². The SMILES string of the molecule is Cc1ccc(C(=O)OC(C)C(=O)NCC(=O)Nc2c(C)cccc2C)cc1. The van der Waals surface area contributed by atoms with Gasteiger partial charge in [-0.15, -0.1) is 0 Å². The van der Waals surface area contributed by atoms with Crippen molar-refractivity contribution in [2.24, 2.45) is 0 Å². The molecule has 6 nitrogen and oxygen atoms in total. The van der Waals surface area contributed by atoms with Crippen molar-refractivity contribution in [3.63, 3.8) is 0 Å². The van der Waals surface area contributed by atoms with Gasteiger partial charge in [0.05, 0.1) is 12.1 Å². The van der Waals surface area contributed by atoms with E-state index in [9.17, 15) is 14.4 Å². The van der Waals surface area contributed by atoms with Crippen LogP contribution in [0.5, 0.6) is 0 Å². The van der Waals surface area contributed by atoms with E-state index in [0.29, 0.717) is 5.56 Å². The summed E-state index contributed by atoms with van der Waals surface area (Å²) in [5, 5.41) is 5.26. The minimum Gasteiger partial charge on any atom is -0.449 e. The first-order valence-electron chi connectivity index (χ1n) is 8.69. The van der Waals surface area contributed by atoms with E-state index in [1.807, 2.05) is 39.0 Å². The van der Waals surface area contributed by atoms with Gasteiger partial charge in [0.15, 0.2) is 6.10 Å². The molecule has 0 bridgehead atoms. The van der Waals surface area contributed by atoms with Crippen LogP contribution < -0.4 is 10.6 Å². The molecule has 6 heteroatoms. The number of esters is 1. The molecule has 1 unspecified atom stereocenters. The number of anilines is 1. The predicted molar refractivity (Wildman–Crippen MR) is 104 cm³/mol. The van der Waals surface area contributed by atoms with Gasteiger partial charge in [-0.05, 0) is 51.0 Å². The Morgan fingerprint density at radius 2 is 1.56 bits per heavy atom. The van der Waals surface area contributed by atoms with Crippen molar-refractivity contribution in [1.82, 2.24) is 5.32 Å². The van der Waals surface area contributed by atoms with E-state index in [-0.39, 0.29) is 12.5 Å². The molecule has 1 atom stereocenters. The number of para-hydroxylation sites is 1. The van der Waals surface area contributed by atoms with Crippen LogP contribution in [-0.2, 0) is 14.3 Å². The van der Waals surface area contributed by atoms with Gasteiger partial charge >= 0.3 is 5.97 Å². The van der Waals surface area contributed by atoms with Crippen LogP contribution in [0.4, 0.5) is 5.69 Å². The van der Waals surface area contributed by atoms with Gasteiger partial charge in [0.25, 0.3) is 5.91 Å². The number of hydrogen-bond acceptors (Lipinski definition) is 4. The van der Waals surface area contributed by atoms with Gasteiger partial charge in [0, 0.05) is 5.69 Å². The molecule has 0 aromatic heterocycles. The molecule has 2 aromatic rings. The summed E-state index contributed by atoms with van der Waals surface area (Å²) in [6.07, 6.45) is -1.01. The highest BCUT2D eigenvalue weighted by Crippen LogP contribution is 2.19. The summed E-state index contributed by atoms with van der Waals surface area (Å²) in [5.74, 6) is -1.47. The van der Waals surface area contributed by atoms with Crippen LogP contribution in [0.2, 0.25) is 0 Å². The molecule has 2 rings (SSSR count). The zero-order valence-corrected chi connectivity index (χ0v) is 16.0. The Morgan fingerprint density at radius 1 is 0.963 bits per heavy atom. The van der Waals surface area contributed by atoms with E-state index in [2.05, 4.69) is 10.6 Å². The molecular formula is C21H24N2O4. The molecular weight excluding hydrogens is 344 g/mol. The first-order valence-corrected chi connectivity index (χ1v) is 8.69. The molecule has 0 saturated heterocycles. The summed E-state index contributed by atoms with van der Waals surface area (Å²) in [4.78, 5) is 36.2. The van der Waals surface area contributed by atoms with Crippen LogP contribution in [0.15, 0.2) is 42.5 Å². The lowest BCUT2D eigenvalue weighted by Gasteiger charge is -2.15. The van der Waals surface area contributed by atoms with E-state index in [4.69, 9.17) is 4.74 Å². The monoisotopic (exact) mass is 368 g/mol. The Labute approximate surface area is 158 Å². The van der Waals surface area contributed by atoms with Crippen molar-refractivity contribution >= 4 is 23.5 Å². The van der Waals surface area contributed by atoms with Gasteiger partial charge in [-0.25, -0.2) is 4.79 Å². The second kappa shape index (κ2) is 8.98. The molecule has 0 fully saturated rings. The van der Waals surface area contributed by atoms with Crippen LogP contribution in [0.3, 0.4) is 0 Å². The number of ether oxygens (including phenoxy) is 1. The minimum absolute atomic E-state index is 0.209. The van der Waals surface area contributed by atoms with Crippen molar-refractivity contribution in [3.05, 3.63) is 64.7 Å². The van der Waals surface area contributed by atoms with Crippen molar-refractivity contribution in [2.45, 2.75) is 33.8 Å². The van der Waals surface area contributed by atoms with Crippen LogP contribution >= 0.6 is 0 Å². The highest BCUT2D eigenvalue weighted by Gasteiger charge is 2.19. The number of benzene rings is 2. The van der Waals surface area contributed by atoms with Gasteiger partial charge < -0.3 is 15.4 Å². The Balaban J connectivity index is 1.84. The maximum Gasteiger partial charge on any atom is 0.338 e. The first-order chi connectivity index (χ1) is 12.8. The Hall–Kier alpha value is -3.15. The zero-order chi connectivity index (χ0) is 20.0. The molecule has 27 heavy (non-hydrogen) atoms. The molecule has 2 N–H and O–H groups in total. The van der Waals surface area contributed by atoms with E-state index in [1.165, 1.54) is 6.92 Å². The molecule has 2 aromatic carbocycles. The molecule has 0 aliphatic rings. The highest BCUT2D eigenvalue weighted by atomic mass is 16.5. The normalized spacial score (nSPS) is 11.4. The Kier molecular flexibility index (Phi) is 6.71. The summed E-state index contributed by atoms with van der Waals surface area (Å²) < 4.78 is 5.14. The quantitative estimate of drug-likeness (QED) is 0.768. The molecule has 142 valence electrons. The third kappa shape index (κ3) is 5.67. The standard InChI is InChI=1S/C21H24N2O4/c1-13-8-10-17(11-9-13)21(26)27-16(4)20(25)22-12-18(24)23-19-14(2)6-5-7-15(19)3/h5-11,16H,12H2,1-4H3,(H,22,25)(H,23,24). The molecule has 0 aliphatic heterocycles. The molecule has 0 spiro atoms. The summed E-state index contributed by atoms with van der Waals surface area (Å²) >= 11 is 0. The van der Waals surface area contributed by atoms with Gasteiger partial charge in [-0.3, -0.25) is 9.59 Å². The first kappa shape index (κ1) is 20.2. The van der Waals surface area contributed by atoms with Crippen molar-refractivity contribution < 1.29 is 19.1 Å². The molecule has 0 aliphatic carbocycles. The van der Waals surface area contributed by atoms with Gasteiger partial charge in [0.1, 0.15) is 0 Å². The van der Waals surface area contributed by atoms with E-state index in [0.717, 1.165) is 22.4 Å². The lowest BCUT2D eigenvalue weighted by Crippen LogP contribution is -2.40.